The molecule has 5 N–H and O–H groups in total. The fourth-order valence-electron chi connectivity index (χ4n) is 3.06. The smallest absolute Gasteiger partial charge is 0.266 e. The summed E-state index contributed by atoms with van der Waals surface area (Å²) in [5, 5.41) is 3.97. The normalized spacial score (nSPS) is 12.1. The van der Waals surface area contributed by atoms with Crippen molar-refractivity contribution in [1.82, 2.24) is 24.5 Å². The fraction of sp³-hybridized carbons (Fsp3) is 0.105. The second-order valence-electron chi connectivity index (χ2n) is 6.36. The van der Waals surface area contributed by atoms with E-state index in [1.807, 2.05) is 6.92 Å². The first-order valence-electron chi connectivity index (χ1n) is 8.72. The van der Waals surface area contributed by atoms with Crippen LogP contribution in [0.15, 0.2) is 53.6 Å². The maximum Gasteiger partial charge on any atom is 0.266 e. The van der Waals surface area contributed by atoms with Crippen molar-refractivity contribution in [1.29, 1.82) is 0 Å². The highest BCUT2D eigenvalue weighted by atomic mass is 35.5. The van der Waals surface area contributed by atoms with Gasteiger partial charge in [-0.05, 0) is 31.2 Å². The van der Waals surface area contributed by atoms with Crippen LogP contribution in [-0.2, 0) is 0 Å². The van der Waals surface area contributed by atoms with Crippen LogP contribution < -0.4 is 22.3 Å². The zero-order valence-corrected chi connectivity index (χ0v) is 16.1. The molecule has 0 saturated heterocycles. The Morgan fingerprint density at radius 1 is 1.14 bits per heavy atom. The van der Waals surface area contributed by atoms with Crippen molar-refractivity contribution >= 4 is 40.1 Å². The predicted octanol–water partition coefficient (Wildman–Crippen LogP) is 2.56. The summed E-state index contributed by atoms with van der Waals surface area (Å²) in [5.74, 6) is 1.11. The molecule has 0 saturated carbocycles. The van der Waals surface area contributed by atoms with Crippen molar-refractivity contribution in [3.8, 4) is 5.69 Å². The third-order valence-electron chi connectivity index (χ3n) is 4.29. The zero-order valence-electron chi connectivity index (χ0n) is 15.4. The summed E-state index contributed by atoms with van der Waals surface area (Å²) in [6, 6.07) is 9.73. The standard InChI is InChI=1S/C19H17ClN8O/c1-10(24-15-8-14(21)25-19(22)26-15)17-27-16-12(5-2-6-13(16)20)18(29)28(17)11-4-3-7-23-9-11/h2-10H,1H3,(H5,21,22,24,25,26)/t10-/m0/s1. The number of nitrogen functional groups attached to an aromatic ring is 2. The maximum absolute atomic E-state index is 13.3. The predicted molar refractivity (Wildman–Crippen MR) is 113 cm³/mol. The first-order chi connectivity index (χ1) is 13.9. The number of halogens is 1. The molecule has 3 heterocycles. The number of fused-ring (bicyclic) bond motifs is 1. The molecule has 0 bridgehead atoms. The van der Waals surface area contributed by atoms with Gasteiger partial charge in [0.2, 0.25) is 5.95 Å². The Kier molecular flexibility index (Phi) is 4.73. The van der Waals surface area contributed by atoms with Crippen molar-refractivity contribution in [3.05, 3.63) is 70.0 Å². The lowest BCUT2D eigenvalue weighted by atomic mass is 10.2. The van der Waals surface area contributed by atoms with Crippen molar-refractivity contribution < 1.29 is 0 Å². The summed E-state index contributed by atoms with van der Waals surface area (Å²) in [6.45, 7) is 1.84. The van der Waals surface area contributed by atoms with E-state index in [9.17, 15) is 4.79 Å². The number of nitrogens with one attached hydrogen (secondary N) is 1. The van der Waals surface area contributed by atoms with Crippen molar-refractivity contribution in [2.24, 2.45) is 0 Å². The average molecular weight is 409 g/mol. The van der Waals surface area contributed by atoms with E-state index in [4.69, 9.17) is 23.1 Å². The number of pyridine rings is 1. The van der Waals surface area contributed by atoms with Gasteiger partial charge in [-0.3, -0.25) is 14.3 Å². The number of rotatable bonds is 4. The molecule has 0 aliphatic carbocycles. The van der Waals surface area contributed by atoms with Gasteiger partial charge >= 0.3 is 0 Å². The zero-order chi connectivity index (χ0) is 20.5. The third-order valence-corrected chi connectivity index (χ3v) is 4.60. The summed E-state index contributed by atoms with van der Waals surface area (Å²) in [6.07, 6.45) is 3.23. The molecule has 0 amide bonds. The monoisotopic (exact) mass is 408 g/mol. The molecular formula is C19H17ClN8O. The summed E-state index contributed by atoms with van der Waals surface area (Å²) in [5.41, 5.74) is 12.2. The van der Waals surface area contributed by atoms with Crippen LogP contribution in [0.5, 0.6) is 0 Å². The molecule has 4 aromatic rings. The maximum atomic E-state index is 13.3. The van der Waals surface area contributed by atoms with E-state index in [-0.39, 0.29) is 17.3 Å². The number of para-hydroxylation sites is 1. The third kappa shape index (κ3) is 3.55. The summed E-state index contributed by atoms with van der Waals surface area (Å²) in [7, 11) is 0. The van der Waals surface area contributed by atoms with E-state index in [2.05, 4.69) is 25.3 Å². The van der Waals surface area contributed by atoms with E-state index in [1.54, 1.807) is 48.8 Å². The van der Waals surface area contributed by atoms with Crippen molar-refractivity contribution in [3.63, 3.8) is 0 Å². The average Bonchev–Trinajstić information content (AvgIpc) is 2.68. The lowest BCUT2D eigenvalue weighted by Crippen LogP contribution is -2.27. The molecular weight excluding hydrogens is 392 g/mol. The number of benzene rings is 1. The van der Waals surface area contributed by atoms with Gasteiger partial charge < -0.3 is 16.8 Å². The number of hydrogen-bond acceptors (Lipinski definition) is 8. The topological polar surface area (TPSA) is 138 Å². The lowest BCUT2D eigenvalue weighted by Gasteiger charge is -2.20. The Morgan fingerprint density at radius 3 is 2.69 bits per heavy atom. The first kappa shape index (κ1) is 18.6. The first-order valence-corrected chi connectivity index (χ1v) is 9.10. The molecule has 0 aliphatic rings. The van der Waals surface area contributed by atoms with Crippen LogP contribution in [-0.4, -0.2) is 24.5 Å². The van der Waals surface area contributed by atoms with Gasteiger partial charge in [0.1, 0.15) is 17.5 Å². The molecule has 4 rings (SSSR count). The van der Waals surface area contributed by atoms with E-state index in [0.29, 0.717) is 33.3 Å². The molecule has 1 atom stereocenters. The molecule has 0 radical (unpaired) electrons. The van der Waals surface area contributed by atoms with Crippen LogP contribution in [0.2, 0.25) is 5.02 Å². The molecule has 3 aromatic heterocycles. The number of nitrogens with two attached hydrogens (primary N) is 2. The molecule has 29 heavy (non-hydrogen) atoms. The number of aromatic nitrogens is 5. The minimum Gasteiger partial charge on any atom is -0.383 e. The van der Waals surface area contributed by atoms with Crippen LogP contribution in [0, 0.1) is 0 Å². The van der Waals surface area contributed by atoms with Gasteiger partial charge in [-0.25, -0.2) is 4.98 Å². The highest BCUT2D eigenvalue weighted by molar-refractivity contribution is 6.35. The second kappa shape index (κ2) is 7.36. The van der Waals surface area contributed by atoms with Gasteiger partial charge in [0, 0.05) is 12.3 Å². The van der Waals surface area contributed by atoms with E-state index >= 15 is 0 Å². The van der Waals surface area contributed by atoms with Crippen LogP contribution >= 0.6 is 11.6 Å². The highest BCUT2D eigenvalue weighted by Gasteiger charge is 2.20. The lowest BCUT2D eigenvalue weighted by molar-refractivity contribution is 0.730. The Bertz CT molecular complexity index is 1240. The Labute approximate surface area is 170 Å². The molecule has 0 unspecified atom stereocenters. The van der Waals surface area contributed by atoms with Crippen molar-refractivity contribution in [2.45, 2.75) is 13.0 Å². The Balaban J connectivity index is 1.92. The molecule has 0 aliphatic heterocycles. The van der Waals surface area contributed by atoms with Crippen LogP contribution in [0.1, 0.15) is 18.8 Å². The van der Waals surface area contributed by atoms with Crippen LogP contribution in [0.25, 0.3) is 16.6 Å². The quantitative estimate of drug-likeness (QED) is 0.468. The van der Waals surface area contributed by atoms with E-state index in [1.165, 1.54) is 4.57 Å². The minimum atomic E-state index is -0.447. The summed E-state index contributed by atoms with van der Waals surface area (Å²) < 4.78 is 1.50. The molecule has 146 valence electrons. The molecule has 0 spiro atoms. The minimum absolute atomic E-state index is 0.0406. The number of nitrogens with zero attached hydrogens (tertiary/aromatic N) is 5. The van der Waals surface area contributed by atoms with Gasteiger partial charge in [0.25, 0.3) is 5.56 Å². The molecule has 10 heteroatoms. The summed E-state index contributed by atoms with van der Waals surface area (Å²) in [4.78, 5) is 30.1. The molecule has 9 nitrogen and oxygen atoms in total. The second-order valence-corrected chi connectivity index (χ2v) is 6.77. The molecule has 1 aromatic carbocycles. The number of anilines is 3. The highest BCUT2D eigenvalue weighted by Crippen LogP contribution is 2.24. The van der Waals surface area contributed by atoms with E-state index in [0.717, 1.165) is 0 Å². The Hall–Kier alpha value is -3.72. The van der Waals surface area contributed by atoms with Gasteiger partial charge in [0.05, 0.1) is 33.9 Å². The van der Waals surface area contributed by atoms with Gasteiger partial charge in [-0.2, -0.15) is 9.97 Å². The SMILES string of the molecule is C[C@H](Nc1cc(N)nc(N)n1)c1nc2c(Cl)cccc2c(=O)n1-c1cccnc1. The van der Waals surface area contributed by atoms with E-state index < -0.39 is 6.04 Å². The van der Waals surface area contributed by atoms with Gasteiger partial charge in [-0.15, -0.1) is 0 Å². The summed E-state index contributed by atoms with van der Waals surface area (Å²) >= 11 is 6.31. The van der Waals surface area contributed by atoms with Crippen LogP contribution in [0.3, 0.4) is 0 Å². The number of hydrogen-bond donors (Lipinski definition) is 3. The largest absolute Gasteiger partial charge is 0.383 e. The van der Waals surface area contributed by atoms with Gasteiger partial charge in [-0.1, -0.05) is 17.7 Å². The van der Waals surface area contributed by atoms with Crippen molar-refractivity contribution in [2.75, 3.05) is 16.8 Å². The Morgan fingerprint density at radius 2 is 1.97 bits per heavy atom. The van der Waals surface area contributed by atoms with Gasteiger partial charge in [0.15, 0.2) is 0 Å². The fourth-order valence-corrected chi connectivity index (χ4v) is 3.28. The van der Waals surface area contributed by atoms with Crippen LogP contribution in [0.4, 0.5) is 17.6 Å². The molecule has 0 fully saturated rings.